The van der Waals surface area contributed by atoms with Gasteiger partial charge in [0.15, 0.2) is 0 Å². The van der Waals surface area contributed by atoms with Crippen molar-refractivity contribution in [1.29, 1.82) is 0 Å². The molecule has 1 atom stereocenters. The van der Waals surface area contributed by atoms with Crippen molar-refractivity contribution in [2.45, 2.75) is 10.9 Å². The van der Waals surface area contributed by atoms with E-state index in [-0.39, 0.29) is 6.04 Å². The van der Waals surface area contributed by atoms with Crippen molar-refractivity contribution in [2.24, 2.45) is 0 Å². The molecular formula is C20H26N4O2S2. The Morgan fingerprint density at radius 3 is 2.57 bits per heavy atom. The third-order valence-electron chi connectivity index (χ3n) is 4.92. The zero-order chi connectivity index (χ0) is 19.9. The topological polar surface area (TPSA) is 64.7 Å². The van der Waals surface area contributed by atoms with E-state index >= 15 is 0 Å². The maximum atomic E-state index is 12.4. The van der Waals surface area contributed by atoms with E-state index in [4.69, 9.17) is 0 Å². The minimum atomic E-state index is -0.635. The van der Waals surface area contributed by atoms with E-state index in [1.54, 1.807) is 17.4 Å². The first-order valence-electron chi connectivity index (χ1n) is 9.25. The summed E-state index contributed by atoms with van der Waals surface area (Å²) in [7, 11) is 2.12. The third kappa shape index (κ3) is 5.35. The number of thioether (sulfide) groups is 1. The molecule has 0 bridgehead atoms. The fourth-order valence-corrected chi connectivity index (χ4v) is 4.51. The number of thiophene rings is 1. The molecule has 1 aromatic carbocycles. The van der Waals surface area contributed by atoms with E-state index in [0.717, 1.165) is 31.1 Å². The lowest BCUT2D eigenvalue weighted by atomic mass is 10.1. The molecule has 8 heteroatoms. The van der Waals surface area contributed by atoms with Gasteiger partial charge in [0.1, 0.15) is 0 Å². The predicted molar refractivity (Wildman–Crippen MR) is 116 cm³/mol. The molecule has 3 rings (SSSR count). The summed E-state index contributed by atoms with van der Waals surface area (Å²) in [5, 5.41) is 9.71. The number of anilines is 1. The number of rotatable bonds is 6. The number of nitrogens with zero attached hydrogens (tertiary/aromatic N) is 2. The molecule has 2 amide bonds. The standard InChI is InChI=1S/C20H26N4O2S2/c1-23-8-10-24(11-9-23)17(15-7-12-28-14-15)13-21-19(25)20(26)22-16-5-3-4-6-18(16)27-2/h3-7,12,14,17H,8-11,13H2,1-2H3,(H,21,25)(H,22,26). The first-order chi connectivity index (χ1) is 13.6. The van der Waals surface area contributed by atoms with Crippen LogP contribution in [0.3, 0.4) is 0 Å². The number of hydrogen-bond acceptors (Lipinski definition) is 6. The molecule has 0 spiro atoms. The van der Waals surface area contributed by atoms with Gasteiger partial charge in [-0.25, -0.2) is 0 Å². The second-order valence-corrected chi connectivity index (χ2v) is 8.40. The highest BCUT2D eigenvalue weighted by atomic mass is 32.2. The van der Waals surface area contributed by atoms with Crippen LogP contribution in [0, 0.1) is 0 Å². The van der Waals surface area contributed by atoms with Gasteiger partial charge in [0.25, 0.3) is 0 Å². The fourth-order valence-electron chi connectivity index (χ4n) is 3.25. The molecule has 28 heavy (non-hydrogen) atoms. The number of hydrogen-bond donors (Lipinski definition) is 2. The average Bonchev–Trinajstić information content (AvgIpc) is 3.24. The SMILES string of the molecule is CSc1ccccc1NC(=O)C(=O)NCC(c1ccsc1)N1CCN(C)CC1. The van der Waals surface area contributed by atoms with Gasteiger partial charge in [-0.1, -0.05) is 12.1 Å². The van der Waals surface area contributed by atoms with Crippen molar-refractivity contribution in [3.63, 3.8) is 0 Å². The largest absolute Gasteiger partial charge is 0.346 e. The van der Waals surface area contributed by atoms with Crippen molar-refractivity contribution in [3.05, 3.63) is 46.7 Å². The molecule has 0 saturated carbocycles. The molecule has 2 N–H and O–H groups in total. The van der Waals surface area contributed by atoms with E-state index in [1.165, 1.54) is 17.3 Å². The molecule has 1 unspecified atom stereocenters. The molecule has 1 fully saturated rings. The number of benzene rings is 1. The van der Waals surface area contributed by atoms with Crippen molar-refractivity contribution in [3.8, 4) is 0 Å². The molecule has 1 aromatic heterocycles. The van der Waals surface area contributed by atoms with E-state index in [2.05, 4.69) is 38.9 Å². The molecule has 0 aliphatic carbocycles. The van der Waals surface area contributed by atoms with Crippen LogP contribution in [0.4, 0.5) is 5.69 Å². The van der Waals surface area contributed by atoms with E-state index in [0.29, 0.717) is 12.2 Å². The Morgan fingerprint density at radius 1 is 1.14 bits per heavy atom. The first-order valence-corrected chi connectivity index (χ1v) is 11.4. The number of nitrogens with one attached hydrogen (secondary N) is 2. The van der Waals surface area contributed by atoms with Crippen molar-refractivity contribution in [1.82, 2.24) is 15.1 Å². The highest BCUT2D eigenvalue weighted by Gasteiger charge is 2.25. The van der Waals surface area contributed by atoms with Gasteiger partial charge in [-0.15, -0.1) is 11.8 Å². The maximum Gasteiger partial charge on any atom is 0.313 e. The first kappa shape index (κ1) is 20.9. The Kier molecular flexibility index (Phi) is 7.50. The van der Waals surface area contributed by atoms with Crippen LogP contribution in [0.2, 0.25) is 0 Å². The summed E-state index contributed by atoms with van der Waals surface area (Å²) in [5.74, 6) is -1.24. The quantitative estimate of drug-likeness (QED) is 0.558. The van der Waals surface area contributed by atoms with Gasteiger partial charge in [-0.3, -0.25) is 14.5 Å². The second kappa shape index (κ2) is 10.1. The molecular weight excluding hydrogens is 392 g/mol. The summed E-state index contributed by atoms with van der Waals surface area (Å²) < 4.78 is 0. The summed E-state index contributed by atoms with van der Waals surface area (Å²) in [6.45, 7) is 4.30. The summed E-state index contributed by atoms with van der Waals surface area (Å²) in [5.41, 5.74) is 1.84. The van der Waals surface area contributed by atoms with Crippen LogP contribution >= 0.6 is 23.1 Å². The average molecular weight is 419 g/mol. The number of carbonyl (C=O) groups excluding carboxylic acids is 2. The Hall–Kier alpha value is -1.87. The fraction of sp³-hybridized carbons (Fsp3) is 0.400. The summed E-state index contributed by atoms with van der Waals surface area (Å²) in [6.07, 6.45) is 1.94. The minimum Gasteiger partial charge on any atom is -0.346 e. The lowest BCUT2D eigenvalue weighted by Gasteiger charge is -2.37. The molecule has 2 aromatic rings. The number of para-hydroxylation sites is 1. The van der Waals surface area contributed by atoms with Gasteiger partial charge in [0.05, 0.1) is 11.7 Å². The van der Waals surface area contributed by atoms with E-state index in [9.17, 15) is 9.59 Å². The summed E-state index contributed by atoms with van der Waals surface area (Å²) in [4.78, 5) is 30.4. The van der Waals surface area contributed by atoms with Crippen LogP contribution in [-0.4, -0.2) is 67.6 Å². The van der Waals surface area contributed by atoms with Crippen molar-refractivity contribution in [2.75, 3.05) is 51.3 Å². The maximum absolute atomic E-state index is 12.4. The minimum absolute atomic E-state index is 0.0789. The van der Waals surface area contributed by atoms with Gasteiger partial charge in [0, 0.05) is 37.6 Å². The Labute approximate surface area is 174 Å². The predicted octanol–water partition coefficient (Wildman–Crippen LogP) is 2.51. The van der Waals surface area contributed by atoms with Crippen molar-refractivity contribution < 1.29 is 9.59 Å². The normalized spacial score (nSPS) is 16.5. The highest BCUT2D eigenvalue weighted by molar-refractivity contribution is 7.98. The van der Waals surface area contributed by atoms with Crippen molar-refractivity contribution >= 4 is 40.6 Å². The van der Waals surface area contributed by atoms with Gasteiger partial charge in [-0.2, -0.15) is 11.3 Å². The Morgan fingerprint density at radius 2 is 1.89 bits per heavy atom. The number of piperazine rings is 1. The molecule has 1 aliphatic heterocycles. The van der Waals surface area contributed by atoms with Gasteiger partial charge >= 0.3 is 11.8 Å². The number of amides is 2. The summed E-state index contributed by atoms with van der Waals surface area (Å²) in [6, 6.07) is 9.63. The molecule has 150 valence electrons. The van der Waals surface area contributed by atoms with Gasteiger partial charge < -0.3 is 15.5 Å². The highest BCUT2D eigenvalue weighted by Crippen LogP contribution is 2.25. The van der Waals surface area contributed by atoms with E-state index < -0.39 is 11.8 Å². The molecule has 0 radical (unpaired) electrons. The molecule has 2 heterocycles. The van der Waals surface area contributed by atoms with Gasteiger partial charge in [0.2, 0.25) is 0 Å². The van der Waals surface area contributed by atoms with Crippen LogP contribution in [0.5, 0.6) is 0 Å². The lowest BCUT2D eigenvalue weighted by molar-refractivity contribution is -0.136. The lowest BCUT2D eigenvalue weighted by Crippen LogP contribution is -2.49. The van der Waals surface area contributed by atoms with Crippen LogP contribution in [0.25, 0.3) is 0 Å². The third-order valence-corrected chi connectivity index (χ3v) is 6.42. The van der Waals surface area contributed by atoms with Crippen LogP contribution in [-0.2, 0) is 9.59 Å². The summed E-state index contributed by atoms with van der Waals surface area (Å²) >= 11 is 3.18. The molecule has 1 aliphatic rings. The zero-order valence-electron chi connectivity index (χ0n) is 16.2. The van der Waals surface area contributed by atoms with Crippen LogP contribution in [0.15, 0.2) is 46.0 Å². The number of carbonyl (C=O) groups is 2. The monoisotopic (exact) mass is 418 g/mol. The second-order valence-electron chi connectivity index (χ2n) is 6.78. The van der Waals surface area contributed by atoms with E-state index in [1.807, 2.05) is 29.8 Å². The smallest absolute Gasteiger partial charge is 0.313 e. The zero-order valence-corrected chi connectivity index (χ0v) is 17.8. The Balaban J connectivity index is 1.61. The molecule has 1 saturated heterocycles. The molecule has 6 nitrogen and oxygen atoms in total. The van der Waals surface area contributed by atoms with Crippen LogP contribution < -0.4 is 10.6 Å². The Bertz CT molecular complexity index is 789. The number of likely N-dealkylation sites (N-methyl/N-ethyl adjacent to an activating group) is 1. The van der Waals surface area contributed by atoms with Crippen LogP contribution in [0.1, 0.15) is 11.6 Å². The van der Waals surface area contributed by atoms with Gasteiger partial charge in [-0.05, 0) is 47.8 Å².